The minimum Gasteiger partial charge on any atom is -0.456 e. The number of para-hydroxylation sites is 3. The zero-order chi connectivity index (χ0) is 33.5. The largest absolute Gasteiger partial charge is 0.456 e. The van der Waals surface area contributed by atoms with Crippen molar-refractivity contribution in [3.05, 3.63) is 170 Å². The third kappa shape index (κ3) is 4.23. The lowest BCUT2D eigenvalue weighted by Gasteiger charge is -2.10. The van der Waals surface area contributed by atoms with Gasteiger partial charge in [0.1, 0.15) is 22.3 Å². The van der Waals surface area contributed by atoms with Crippen LogP contribution in [0.15, 0.2) is 179 Å². The molecule has 4 nitrogen and oxygen atoms in total. The third-order valence-electron chi connectivity index (χ3n) is 10.2. The molecule has 11 aromatic rings. The molecular formula is C47H28N2O2. The Hall–Kier alpha value is -6.91. The van der Waals surface area contributed by atoms with E-state index in [4.69, 9.17) is 13.8 Å². The van der Waals surface area contributed by atoms with Crippen LogP contribution in [0.1, 0.15) is 0 Å². The first kappa shape index (κ1) is 28.0. The summed E-state index contributed by atoms with van der Waals surface area (Å²) in [4.78, 5) is 5.25. The van der Waals surface area contributed by atoms with Crippen LogP contribution in [0.4, 0.5) is 0 Å². The standard InChI is InChI=1S/C47H28N2O2/c1-3-12-29(13-4-1)31-26-39(30-14-5-2-6-15-30)48-40(27-31)36-19-11-18-34-35-23-24-42-45(47(35)51-46(34)36)37-17-7-9-20-41(37)49(42)32-22-25-44-38(28-32)33-16-8-10-21-43(33)50-44/h1-28H. The first-order valence-electron chi connectivity index (χ1n) is 17.2. The van der Waals surface area contributed by atoms with Crippen molar-refractivity contribution in [1.29, 1.82) is 0 Å². The highest BCUT2D eigenvalue weighted by molar-refractivity contribution is 6.25. The summed E-state index contributed by atoms with van der Waals surface area (Å²) in [5, 5.41) is 6.61. The molecule has 0 aliphatic carbocycles. The van der Waals surface area contributed by atoms with Crippen molar-refractivity contribution in [2.24, 2.45) is 0 Å². The second-order valence-electron chi connectivity index (χ2n) is 13.1. The van der Waals surface area contributed by atoms with Gasteiger partial charge in [-0.3, -0.25) is 0 Å². The predicted molar refractivity (Wildman–Crippen MR) is 209 cm³/mol. The second kappa shape index (κ2) is 10.8. The van der Waals surface area contributed by atoms with Crippen molar-refractivity contribution >= 4 is 65.7 Å². The molecule has 4 heterocycles. The van der Waals surface area contributed by atoms with Crippen LogP contribution in [0, 0.1) is 0 Å². The molecule has 0 atom stereocenters. The molecule has 0 aliphatic heterocycles. The molecule has 0 N–H and O–H groups in total. The lowest BCUT2D eigenvalue weighted by Crippen LogP contribution is -1.93. The van der Waals surface area contributed by atoms with E-state index in [-0.39, 0.29) is 0 Å². The molecule has 4 aromatic heterocycles. The molecule has 0 aliphatic rings. The number of pyridine rings is 1. The molecule has 0 spiro atoms. The maximum absolute atomic E-state index is 7.05. The average Bonchev–Trinajstić information content (AvgIpc) is 3.87. The average molecular weight is 653 g/mol. The van der Waals surface area contributed by atoms with Crippen molar-refractivity contribution in [1.82, 2.24) is 9.55 Å². The Morgan fingerprint density at radius 1 is 0.392 bits per heavy atom. The molecule has 0 bridgehead atoms. The van der Waals surface area contributed by atoms with Crippen molar-refractivity contribution < 1.29 is 8.83 Å². The number of fused-ring (bicyclic) bond motifs is 10. The number of hydrogen-bond acceptors (Lipinski definition) is 3. The minimum atomic E-state index is 0.833. The van der Waals surface area contributed by atoms with Gasteiger partial charge in [0.05, 0.1) is 27.8 Å². The second-order valence-corrected chi connectivity index (χ2v) is 13.1. The highest BCUT2D eigenvalue weighted by Gasteiger charge is 2.21. The van der Waals surface area contributed by atoms with Gasteiger partial charge in [0.2, 0.25) is 0 Å². The maximum Gasteiger partial charge on any atom is 0.145 e. The molecule has 4 heteroatoms. The van der Waals surface area contributed by atoms with E-state index in [2.05, 4.69) is 150 Å². The van der Waals surface area contributed by atoms with Crippen LogP contribution < -0.4 is 0 Å². The van der Waals surface area contributed by atoms with Gasteiger partial charge in [-0.2, -0.15) is 0 Å². The van der Waals surface area contributed by atoms with Crippen LogP contribution in [0.5, 0.6) is 0 Å². The Kier molecular flexibility index (Phi) is 5.92. The molecular weight excluding hydrogens is 625 g/mol. The highest BCUT2D eigenvalue weighted by Crippen LogP contribution is 2.44. The van der Waals surface area contributed by atoms with Crippen molar-refractivity contribution in [2.75, 3.05) is 0 Å². The van der Waals surface area contributed by atoms with Crippen LogP contribution in [0.25, 0.3) is 105 Å². The first-order valence-corrected chi connectivity index (χ1v) is 17.2. The highest BCUT2D eigenvalue weighted by atomic mass is 16.3. The Morgan fingerprint density at radius 3 is 1.94 bits per heavy atom. The summed E-state index contributed by atoms with van der Waals surface area (Å²) >= 11 is 0. The van der Waals surface area contributed by atoms with Crippen molar-refractivity contribution in [3.8, 4) is 39.3 Å². The molecule has 0 fully saturated rings. The Balaban J connectivity index is 1.17. The van der Waals surface area contributed by atoms with E-state index in [1.165, 1.54) is 0 Å². The molecule has 11 rings (SSSR count). The van der Waals surface area contributed by atoms with E-state index in [1.54, 1.807) is 0 Å². The van der Waals surface area contributed by atoms with E-state index < -0.39 is 0 Å². The van der Waals surface area contributed by atoms with Crippen molar-refractivity contribution in [3.63, 3.8) is 0 Å². The minimum absolute atomic E-state index is 0.833. The van der Waals surface area contributed by atoms with Gasteiger partial charge in [0, 0.05) is 43.7 Å². The molecule has 0 saturated carbocycles. The van der Waals surface area contributed by atoms with Gasteiger partial charge in [-0.25, -0.2) is 4.98 Å². The molecule has 51 heavy (non-hydrogen) atoms. The van der Waals surface area contributed by atoms with Crippen LogP contribution in [-0.2, 0) is 0 Å². The maximum atomic E-state index is 7.05. The fourth-order valence-corrected chi connectivity index (χ4v) is 7.86. The number of hydrogen-bond donors (Lipinski definition) is 0. The SMILES string of the molecule is c1ccc(-c2cc(-c3ccccc3)nc(-c3cccc4c3oc3c4ccc4c3c3ccccc3n4-c3ccc4oc5ccccc5c4c3)c2)cc1. The fraction of sp³-hybridized carbons (Fsp3) is 0. The van der Waals surface area contributed by atoms with Gasteiger partial charge in [-0.1, -0.05) is 109 Å². The van der Waals surface area contributed by atoms with Gasteiger partial charge in [-0.15, -0.1) is 0 Å². The predicted octanol–water partition coefficient (Wildman–Crippen LogP) is 13.0. The van der Waals surface area contributed by atoms with Gasteiger partial charge in [0.15, 0.2) is 0 Å². The number of rotatable bonds is 4. The topological polar surface area (TPSA) is 44.1 Å². The Labute approximate surface area is 292 Å². The van der Waals surface area contributed by atoms with Crippen LogP contribution in [0.2, 0.25) is 0 Å². The first-order chi connectivity index (χ1) is 25.3. The van der Waals surface area contributed by atoms with Crippen LogP contribution >= 0.6 is 0 Å². The Morgan fingerprint density at radius 2 is 1.08 bits per heavy atom. The number of benzene rings is 7. The summed E-state index contributed by atoms with van der Waals surface area (Å²) in [5.74, 6) is 0. The van der Waals surface area contributed by atoms with E-state index >= 15 is 0 Å². The van der Waals surface area contributed by atoms with Crippen LogP contribution in [0.3, 0.4) is 0 Å². The smallest absolute Gasteiger partial charge is 0.145 e. The number of nitrogens with zero attached hydrogens (tertiary/aromatic N) is 2. The summed E-state index contributed by atoms with van der Waals surface area (Å²) in [5.41, 5.74) is 12.9. The number of furan rings is 2. The normalized spacial score (nSPS) is 11.9. The van der Waals surface area contributed by atoms with Gasteiger partial charge < -0.3 is 13.4 Å². The summed E-state index contributed by atoms with van der Waals surface area (Å²) in [7, 11) is 0. The molecule has 238 valence electrons. The summed E-state index contributed by atoms with van der Waals surface area (Å²) in [6, 6.07) is 59.4. The van der Waals surface area contributed by atoms with E-state index in [0.29, 0.717) is 0 Å². The van der Waals surface area contributed by atoms with Gasteiger partial charge >= 0.3 is 0 Å². The molecule has 7 aromatic carbocycles. The molecule has 0 unspecified atom stereocenters. The molecule has 0 amide bonds. The van der Waals surface area contributed by atoms with Crippen molar-refractivity contribution in [2.45, 2.75) is 0 Å². The quantitative estimate of drug-likeness (QED) is 0.190. The van der Waals surface area contributed by atoms with Crippen LogP contribution in [-0.4, -0.2) is 9.55 Å². The fourth-order valence-electron chi connectivity index (χ4n) is 7.86. The Bertz CT molecular complexity index is 3070. The summed E-state index contributed by atoms with van der Waals surface area (Å²) in [6.07, 6.45) is 0. The lowest BCUT2D eigenvalue weighted by atomic mass is 9.99. The molecule has 0 radical (unpaired) electrons. The van der Waals surface area contributed by atoms with Gasteiger partial charge in [-0.05, 0) is 71.8 Å². The third-order valence-corrected chi connectivity index (χ3v) is 10.2. The number of aromatic nitrogens is 2. The summed E-state index contributed by atoms with van der Waals surface area (Å²) in [6.45, 7) is 0. The zero-order valence-electron chi connectivity index (χ0n) is 27.4. The summed E-state index contributed by atoms with van der Waals surface area (Å²) < 4.78 is 15.6. The lowest BCUT2D eigenvalue weighted by molar-refractivity contribution is 0.669. The molecule has 0 saturated heterocycles. The van der Waals surface area contributed by atoms with E-state index in [0.717, 1.165) is 105 Å². The van der Waals surface area contributed by atoms with Gasteiger partial charge in [0.25, 0.3) is 0 Å². The zero-order valence-corrected chi connectivity index (χ0v) is 27.4. The monoisotopic (exact) mass is 652 g/mol. The van der Waals surface area contributed by atoms with E-state index in [9.17, 15) is 0 Å². The van der Waals surface area contributed by atoms with E-state index in [1.807, 2.05) is 24.3 Å².